The van der Waals surface area contributed by atoms with Crippen LogP contribution in [0.4, 0.5) is 4.79 Å². The summed E-state index contributed by atoms with van der Waals surface area (Å²) in [7, 11) is 1.90. The van der Waals surface area contributed by atoms with Gasteiger partial charge in [0.05, 0.1) is 18.3 Å². The highest BCUT2D eigenvalue weighted by molar-refractivity contribution is 5.74. The van der Waals surface area contributed by atoms with Crippen LogP contribution in [-0.2, 0) is 12.6 Å². The smallest absolute Gasteiger partial charge is 0.315 e. The molecule has 0 fully saturated rings. The van der Waals surface area contributed by atoms with Gasteiger partial charge in [0, 0.05) is 18.3 Å². The van der Waals surface area contributed by atoms with Gasteiger partial charge in [-0.3, -0.25) is 4.68 Å². The fourth-order valence-corrected chi connectivity index (χ4v) is 3.03. The molecule has 2 aromatic rings. The van der Waals surface area contributed by atoms with E-state index in [1.54, 1.807) is 6.92 Å². The summed E-state index contributed by atoms with van der Waals surface area (Å²) in [6.45, 7) is 7.79. The van der Waals surface area contributed by atoms with E-state index in [2.05, 4.69) is 15.7 Å². The molecule has 0 radical (unpaired) electrons. The molecule has 6 heteroatoms. The van der Waals surface area contributed by atoms with Crippen LogP contribution in [0.2, 0.25) is 0 Å². The molecule has 1 heterocycles. The van der Waals surface area contributed by atoms with Crippen LogP contribution >= 0.6 is 0 Å². The van der Waals surface area contributed by atoms with Crippen molar-refractivity contribution in [3.8, 4) is 0 Å². The zero-order valence-corrected chi connectivity index (χ0v) is 15.6. The summed E-state index contributed by atoms with van der Waals surface area (Å²) in [6, 6.07) is 8.90. The number of carbonyl (C=O) groups is 1. The molecule has 2 atom stereocenters. The Balaban J connectivity index is 2.01. The number of rotatable bonds is 6. The van der Waals surface area contributed by atoms with Gasteiger partial charge in [0.1, 0.15) is 5.60 Å². The number of amides is 2. The molecule has 6 nitrogen and oxygen atoms in total. The highest BCUT2D eigenvalue weighted by Gasteiger charge is 2.25. The second-order valence-electron chi connectivity index (χ2n) is 6.64. The zero-order valence-electron chi connectivity index (χ0n) is 15.6. The van der Waals surface area contributed by atoms with Crippen molar-refractivity contribution in [1.29, 1.82) is 0 Å². The maximum absolute atomic E-state index is 12.3. The normalized spacial score (nSPS) is 14.6. The van der Waals surface area contributed by atoms with Crippen LogP contribution in [-0.4, -0.2) is 27.5 Å². The van der Waals surface area contributed by atoms with E-state index in [1.807, 2.05) is 62.8 Å². The van der Waals surface area contributed by atoms with Crippen molar-refractivity contribution in [2.75, 3.05) is 6.54 Å². The number of hydrogen-bond donors (Lipinski definition) is 3. The molecule has 2 amide bonds. The second kappa shape index (κ2) is 7.70. The third-order valence-electron chi connectivity index (χ3n) is 4.62. The Bertz CT molecular complexity index is 723. The number of aromatic nitrogens is 2. The van der Waals surface area contributed by atoms with Gasteiger partial charge in [-0.1, -0.05) is 37.3 Å². The maximum Gasteiger partial charge on any atom is 0.315 e. The molecule has 2 unspecified atom stereocenters. The van der Waals surface area contributed by atoms with E-state index in [0.717, 1.165) is 28.9 Å². The zero-order chi connectivity index (χ0) is 18.6. The van der Waals surface area contributed by atoms with Crippen molar-refractivity contribution in [1.82, 2.24) is 20.4 Å². The summed E-state index contributed by atoms with van der Waals surface area (Å²) < 4.78 is 1.83. The van der Waals surface area contributed by atoms with E-state index < -0.39 is 5.60 Å². The molecule has 1 aromatic carbocycles. The van der Waals surface area contributed by atoms with Gasteiger partial charge in [0.15, 0.2) is 0 Å². The molecular weight excluding hydrogens is 316 g/mol. The molecule has 0 aliphatic rings. The van der Waals surface area contributed by atoms with Gasteiger partial charge >= 0.3 is 6.03 Å². The first-order valence-electron chi connectivity index (χ1n) is 8.58. The summed E-state index contributed by atoms with van der Waals surface area (Å²) in [4.78, 5) is 12.3. The van der Waals surface area contributed by atoms with E-state index in [1.165, 1.54) is 0 Å². The number of nitrogens with one attached hydrogen (secondary N) is 2. The first-order valence-corrected chi connectivity index (χ1v) is 8.58. The molecule has 2 rings (SSSR count). The number of benzene rings is 1. The lowest BCUT2D eigenvalue weighted by atomic mass is 9.96. The second-order valence-corrected chi connectivity index (χ2v) is 6.64. The molecule has 25 heavy (non-hydrogen) atoms. The summed E-state index contributed by atoms with van der Waals surface area (Å²) in [5.41, 5.74) is 2.65. The van der Waals surface area contributed by atoms with Crippen molar-refractivity contribution in [2.24, 2.45) is 7.05 Å². The van der Waals surface area contributed by atoms with Crippen molar-refractivity contribution in [3.05, 3.63) is 52.8 Å². The van der Waals surface area contributed by atoms with Crippen LogP contribution in [0.3, 0.4) is 0 Å². The molecule has 0 saturated heterocycles. The van der Waals surface area contributed by atoms with Crippen molar-refractivity contribution in [3.63, 3.8) is 0 Å². The summed E-state index contributed by atoms with van der Waals surface area (Å²) in [5, 5.41) is 20.8. The Labute approximate surface area is 149 Å². The predicted octanol–water partition coefficient (Wildman–Crippen LogP) is 2.69. The first-order chi connectivity index (χ1) is 11.8. The third kappa shape index (κ3) is 4.39. The Kier molecular flexibility index (Phi) is 5.85. The predicted molar refractivity (Wildman–Crippen MR) is 98.3 cm³/mol. The molecule has 1 aromatic heterocycles. The average molecular weight is 344 g/mol. The molecule has 136 valence electrons. The average Bonchev–Trinajstić information content (AvgIpc) is 2.84. The fourth-order valence-electron chi connectivity index (χ4n) is 3.03. The van der Waals surface area contributed by atoms with Gasteiger partial charge in [-0.05, 0) is 32.8 Å². The van der Waals surface area contributed by atoms with Crippen LogP contribution in [0, 0.1) is 13.8 Å². The molecule has 0 bridgehead atoms. The minimum atomic E-state index is -1.12. The summed E-state index contributed by atoms with van der Waals surface area (Å²) in [6.07, 6.45) is 0.760. The van der Waals surface area contributed by atoms with Gasteiger partial charge in [0.25, 0.3) is 0 Å². The Hall–Kier alpha value is -2.34. The number of aryl methyl sites for hydroxylation is 2. The van der Waals surface area contributed by atoms with E-state index in [9.17, 15) is 9.90 Å². The lowest BCUT2D eigenvalue weighted by Crippen LogP contribution is -2.44. The topological polar surface area (TPSA) is 79.2 Å². The van der Waals surface area contributed by atoms with Crippen molar-refractivity contribution >= 4 is 6.03 Å². The Morgan fingerprint density at radius 1 is 1.32 bits per heavy atom. The molecule has 0 aliphatic carbocycles. The minimum Gasteiger partial charge on any atom is -0.384 e. The Morgan fingerprint density at radius 2 is 1.96 bits per heavy atom. The van der Waals surface area contributed by atoms with Crippen molar-refractivity contribution < 1.29 is 9.90 Å². The minimum absolute atomic E-state index is 0.115. The summed E-state index contributed by atoms with van der Waals surface area (Å²) in [5.74, 6) is 0. The highest BCUT2D eigenvalue weighted by atomic mass is 16.3. The first kappa shape index (κ1) is 19.0. The van der Waals surface area contributed by atoms with Gasteiger partial charge in [-0.15, -0.1) is 0 Å². The third-order valence-corrected chi connectivity index (χ3v) is 4.62. The SMILES string of the molecule is CCC(NC(=O)NCC(C)(O)c1ccccc1)c1c(C)nn(C)c1C. The number of carbonyl (C=O) groups excluding carboxylic acids is 1. The van der Waals surface area contributed by atoms with Crippen LogP contribution < -0.4 is 10.6 Å². The maximum atomic E-state index is 12.3. The van der Waals surface area contributed by atoms with Gasteiger partial charge < -0.3 is 15.7 Å². The monoisotopic (exact) mass is 344 g/mol. The summed E-state index contributed by atoms with van der Waals surface area (Å²) >= 11 is 0. The van der Waals surface area contributed by atoms with E-state index in [4.69, 9.17) is 0 Å². The van der Waals surface area contributed by atoms with Gasteiger partial charge in [-0.2, -0.15) is 5.10 Å². The lowest BCUT2D eigenvalue weighted by Gasteiger charge is -2.25. The van der Waals surface area contributed by atoms with E-state index >= 15 is 0 Å². The highest BCUT2D eigenvalue weighted by Crippen LogP contribution is 2.24. The molecule has 3 N–H and O–H groups in total. The van der Waals surface area contributed by atoms with E-state index in [-0.39, 0.29) is 18.6 Å². The largest absolute Gasteiger partial charge is 0.384 e. The van der Waals surface area contributed by atoms with Gasteiger partial charge in [0.2, 0.25) is 0 Å². The van der Waals surface area contributed by atoms with Crippen molar-refractivity contribution in [2.45, 2.75) is 45.8 Å². The number of aliphatic hydroxyl groups is 1. The molecular formula is C19H28N4O2. The molecule has 0 spiro atoms. The van der Waals surface area contributed by atoms with Crippen LogP contribution in [0.1, 0.15) is 48.8 Å². The van der Waals surface area contributed by atoms with Gasteiger partial charge in [-0.25, -0.2) is 4.79 Å². The quantitative estimate of drug-likeness (QED) is 0.754. The molecule has 0 saturated carbocycles. The van der Waals surface area contributed by atoms with E-state index in [0.29, 0.717) is 0 Å². The molecule has 0 aliphatic heterocycles. The lowest BCUT2D eigenvalue weighted by molar-refractivity contribution is 0.0592. The number of nitrogens with zero attached hydrogens (tertiary/aromatic N) is 2. The standard InChI is InChI=1S/C19H28N4O2/c1-6-16(17-13(2)22-23(5)14(17)3)21-18(24)20-12-19(4,25)15-10-8-7-9-11-15/h7-11,16,25H,6,12H2,1-5H3,(H2,20,21,24). The number of urea groups is 1. The van der Waals surface area contributed by atoms with Crippen LogP contribution in [0.25, 0.3) is 0 Å². The van der Waals surface area contributed by atoms with Crippen LogP contribution in [0.5, 0.6) is 0 Å². The number of hydrogen-bond acceptors (Lipinski definition) is 3. The Morgan fingerprint density at radius 3 is 2.48 bits per heavy atom. The fraction of sp³-hybridized carbons (Fsp3) is 0.474. The van der Waals surface area contributed by atoms with Crippen LogP contribution in [0.15, 0.2) is 30.3 Å².